The molecule has 0 aliphatic rings. The molecule has 1 aromatic carbocycles. The third-order valence-corrected chi connectivity index (χ3v) is 3.47. The normalized spacial score (nSPS) is 13.2. The van der Waals surface area contributed by atoms with Gasteiger partial charge in [0.1, 0.15) is 5.82 Å². The summed E-state index contributed by atoms with van der Waals surface area (Å²) in [5, 5.41) is 2.82. The maximum Gasteiger partial charge on any atom is 0.255 e. The van der Waals surface area contributed by atoms with Crippen molar-refractivity contribution >= 4 is 33.4 Å². The van der Waals surface area contributed by atoms with Gasteiger partial charge in [-0.15, -0.1) is 0 Å². The number of hydrogen-bond acceptors (Lipinski definition) is 1. The minimum atomic E-state index is -0.605. The number of alkyl halides is 1. The first-order chi connectivity index (χ1) is 8.70. The van der Waals surface area contributed by atoms with Crippen molar-refractivity contribution < 1.29 is 9.18 Å². The second-order valence-corrected chi connectivity index (χ2v) is 7.37. The van der Waals surface area contributed by atoms with Crippen LogP contribution in [0.25, 0.3) is 0 Å². The van der Waals surface area contributed by atoms with Gasteiger partial charge in [0.25, 0.3) is 5.91 Å². The number of benzene rings is 1. The molecule has 1 amide bonds. The molecule has 1 atom stereocenters. The van der Waals surface area contributed by atoms with E-state index in [0.29, 0.717) is 6.54 Å². The first kappa shape index (κ1) is 16.4. The van der Waals surface area contributed by atoms with Gasteiger partial charge >= 0.3 is 0 Å². The van der Waals surface area contributed by atoms with Crippen LogP contribution in [0.15, 0.2) is 18.2 Å². The molecule has 0 heterocycles. The molecule has 1 N–H and O–H groups in total. The number of carbonyl (C=O) groups excluding carboxylic acids is 1. The van der Waals surface area contributed by atoms with E-state index in [-0.39, 0.29) is 20.8 Å². The fourth-order valence-corrected chi connectivity index (χ4v) is 3.13. The molecule has 0 radical (unpaired) electrons. The van der Waals surface area contributed by atoms with Crippen LogP contribution in [0, 0.1) is 11.2 Å². The average molecular weight is 351 g/mol. The SMILES string of the molecule is CC(C)(C)CC(Br)CNC(=O)c1c(F)cccc1Cl. The zero-order valence-corrected chi connectivity index (χ0v) is 13.6. The van der Waals surface area contributed by atoms with Crippen LogP contribution in [-0.4, -0.2) is 17.3 Å². The highest BCUT2D eigenvalue weighted by Crippen LogP contribution is 2.24. The lowest BCUT2D eigenvalue weighted by molar-refractivity contribution is 0.0948. The summed E-state index contributed by atoms with van der Waals surface area (Å²) in [6.07, 6.45) is 0.901. The summed E-state index contributed by atoms with van der Waals surface area (Å²) in [4.78, 5) is 12.0. The molecule has 0 spiro atoms. The van der Waals surface area contributed by atoms with Crippen molar-refractivity contribution in [1.29, 1.82) is 0 Å². The van der Waals surface area contributed by atoms with Crippen LogP contribution in [0.2, 0.25) is 5.02 Å². The zero-order chi connectivity index (χ0) is 14.6. The summed E-state index contributed by atoms with van der Waals surface area (Å²) in [6, 6.07) is 4.20. The topological polar surface area (TPSA) is 29.1 Å². The van der Waals surface area contributed by atoms with Crippen molar-refractivity contribution in [3.63, 3.8) is 0 Å². The summed E-state index contributed by atoms with van der Waals surface area (Å²) in [6.45, 7) is 6.80. The Kier molecular flexibility index (Phi) is 5.81. The lowest BCUT2D eigenvalue weighted by Crippen LogP contribution is -2.32. The molecule has 0 aromatic heterocycles. The van der Waals surface area contributed by atoms with Crippen molar-refractivity contribution in [2.45, 2.75) is 32.0 Å². The van der Waals surface area contributed by atoms with Gasteiger partial charge in [0.15, 0.2) is 0 Å². The third kappa shape index (κ3) is 5.49. The van der Waals surface area contributed by atoms with Gasteiger partial charge < -0.3 is 5.32 Å². The number of nitrogens with one attached hydrogen (secondary N) is 1. The Hall–Kier alpha value is -0.610. The predicted octanol–water partition coefficient (Wildman–Crippen LogP) is 4.41. The maximum atomic E-state index is 13.5. The van der Waals surface area contributed by atoms with E-state index in [4.69, 9.17) is 11.6 Å². The van der Waals surface area contributed by atoms with E-state index in [0.717, 1.165) is 6.42 Å². The Balaban J connectivity index is 2.61. The molecule has 0 bridgehead atoms. The summed E-state index contributed by atoms with van der Waals surface area (Å²) >= 11 is 9.34. The minimum Gasteiger partial charge on any atom is -0.351 e. The molecular formula is C14H18BrClFNO. The molecule has 19 heavy (non-hydrogen) atoms. The monoisotopic (exact) mass is 349 g/mol. The molecule has 0 fully saturated rings. The summed E-state index contributed by atoms with van der Waals surface area (Å²) in [5.74, 6) is -1.09. The Labute approximate surface area is 126 Å². The van der Waals surface area contributed by atoms with Gasteiger partial charge in [-0.2, -0.15) is 0 Å². The average Bonchev–Trinajstić information content (AvgIpc) is 2.23. The maximum absolute atomic E-state index is 13.5. The van der Waals surface area contributed by atoms with Crippen LogP contribution in [0.1, 0.15) is 37.6 Å². The highest BCUT2D eigenvalue weighted by Gasteiger charge is 2.19. The molecule has 2 nitrogen and oxygen atoms in total. The molecule has 1 aromatic rings. The van der Waals surface area contributed by atoms with Gasteiger partial charge in [-0.1, -0.05) is 54.4 Å². The largest absolute Gasteiger partial charge is 0.351 e. The molecule has 1 unspecified atom stereocenters. The van der Waals surface area contributed by atoms with E-state index in [1.165, 1.54) is 18.2 Å². The number of carbonyl (C=O) groups is 1. The fourth-order valence-electron chi connectivity index (χ4n) is 1.74. The Bertz CT molecular complexity index is 439. The fraction of sp³-hybridized carbons (Fsp3) is 0.500. The predicted molar refractivity (Wildman–Crippen MR) is 80.5 cm³/mol. The summed E-state index contributed by atoms with van der Waals surface area (Å²) in [7, 11) is 0. The van der Waals surface area contributed by atoms with Gasteiger partial charge in [-0.25, -0.2) is 4.39 Å². The minimum absolute atomic E-state index is 0.0976. The van der Waals surface area contributed by atoms with Crippen LogP contribution in [0.3, 0.4) is 0 Å². The third-order valence-electron chi connectivity index (χ3n) is 2.51. The van der Waals surface area contributed by atoms with Gasteiger partial charge in [-0.05, 0) is 24.0 Å². The molecule has 0 aliphatic heterocycles. The molecule has 0 aliphatic carbocycles. The highest BCUT2D eigenvalue weighted by molar-refractivity contribution is 9.09. The van der Waals surface area contributed by atoms with E-state index in [1.54, 1.807) is 0 Å². The zero-order valence-electron chi connectivity index (χ0n) is 11.3. The van der Waals surface area contributed by atoms with Crippen molar-refractivity contribution in [2.75, 3.05) is 6.54 Å². The molecule has 0 saturated heterocycles. The second-order valence-electron chi connectivity index (χ2n) is 5.67. The van der Waals surface area contributed by atoms with Gasteiger partial charge in [0.2, 0.25) is 0 Å². The quantitative estimate of drug-likeness (QED) is 0.801. The van der Waals surface area contributed by atoms with Crippen LogP contribution in [-0.2, 0) is 0 Å². The van der Waals surface area contributed by atoms with E-state index in [9.17, 15) is 9.18 Å². The molecular weight excluding hydrogens is 333 g/mol. The van der Waals surface area contributed by atoms with E-state index >= 15 is 0 Å². The smallest absolute Gasteiger partial charge is 0.255 e. The van der Waals surface area contributed by atoms with Crippen LogP contribution >= 0.6 is 27.5 Å². The van der Waals surface area contributed by atoms with Gasteiger partial charge in [0.05, 0.1) is 10.6 Å². The molecule has 0 saturated carbocycles. The summed E-state index contributed by atoms with van der Waals surface area (Å²) < 4.78 is 13.5. The highest BCUT2D eigenvalue weighted by atomic mass is 79.9. The number of halogens is 3. The van der Waals surface area contributed by atoms with Crippen LogP contribution in [0.5, 0.6) is 0 Å². The van der Waals surface area contributed by atoms with Gasteiger partial charge in [-0.3, -0.25) is 4.79 Å². The van der Waals surface area contributed by atoms with Crippen molar-refractivity contribution in [3.05, 3.63) is 34.6 Å². The summed E-state index contributed by atoms with van der Waals surface area (Å²) in [5.41, 5.74) is 0.0637. The lowest BCUT2D eigenvalue weighted by Gasteiger charge is -2.22. The molecule has 106 valence electrons. The van der Waals surface area contributed by atoms with Crippen LogP contribution < -0.4 is 5.32 Å². The molecule has 1 rings (SSSR count). The van der Waals surface area contributed by atoms with E-state index in [2.05, 4.69) is 42.0 Å². The number of rotatable bonds is 4. The number of amides is 1. The van der Waals surface area contributed by atoms with E-state index < -0.39 is 11.7 Å². The van der Waals surface area contributed by atoms with Crippen molar-refractivity contribution in [3.8, 4) is 0 Å². The van der Waals surface area contributed by atoms with E-state index in [1.807, 2.05) is 0 Å². The standard InChI is InChI=1S/C14H18BrClFNO/c1-14(2,3)7-9(15)8-18-13(19)12-10(16)5-4-6-11(12)17/h4-6,9H,7-8H2,1-3H3,(H,18,19). The second kappa shape index (κ2) is 6.71. The Morgan fingerprint density at radius 2 is 2.11 bits per heavy atom. The van der Waals surface area contributed by atoms with Gasteiger partial charge in [0, 0.05) is 11.4 Å². The first-order valence-corrected chi connectivity index (χ1v) is 7.36. The van der Waals surface area contributed by atoms with Crippen LogP contribution in [0.4, 0.5) is 4.39 Å². The molecule has 5 heteroatoms. The lowest BCUT2D eigenvalue weighted by atomic mass is 9.90. The van der Waals surface area contributed by atoms with Crippen molar-refractivity contribution in [1.82, 2.24) is 5.32 Å². The van der Waals surface area contributed by atoms with Crippen molar-refractivity contribution in [2.24, 2.45) is 5.41 Å². The first-order valence-electron chi connectivity index (χ1n) is 6.07. The Morgan fingerprint density at radius 3 is 2.63 bits per heavy atom. The number of hydrogen-bond donors (Lipinski definition) is 1. The Morgan fingerprint density at radius 1 is 1.47 bits per heavy atom.